The van der Waals surface area contributed by atoms with Crippen LogP contribution >= 0.6 is 0 Å². The van der Waals surface area contributed by atoms with Gasteiger partial charge in [0.25, 0.3) is 0 Å². The lowest BCUT2D eigenvalue weighted by molar-refractivity contribution is -0.124. The second-order valence-corrected chi connectivity index (χ2v) is 5.72. The SMILES string of the molecule is CC(=O)NC1CCN(CC(=O)C2CCCCC2)C1. The number of carbonyl (C=O) groups excluding carboxylic acids is 2. The van der Waals surface area contributed by atoms with Crippen molar-refractivity contribution in [3.05, 3.63) is 0 Å². The summed E-state index contributed by atoms with van der Waals surface area (Å²) in [5.41, 5.74) is 0. The van der Waals surface area contributed by atoms with E-state index >= 15 is 0 Å². The standard InChI is InChI=1S/C14H24N2O2/c1-11(17)15-13-7-8-16(9-13)10-14(18)12-5-3-2-4-6-12/h12-13H,2-10H2,1H3,(H,15,17). The fraction of sp³-hybridized carbons (Fsp3) is 0.857. The largest absolute Gasteiger partial charge is 0.352 e. The predicted octanol–water partition coefficient (Wildman–Crippen LogP) is 1.35. The highest BCUT2D eigenvalue weighted by Crippen LogP contribution is 2.25. The predicted molar refractivity (Wildman–Crippen MR) is 70.2 cm³/mol. The summed E-state index contributed by atoms with van der Waals surface area (Å²) in [6.45, 7) is 3.90. The van der Waals surface area contributed by atoms with Gasteiger partial charge in [-0.15, -0.1) is 0 Å². The molecule has 2 aliphatic rings. The lowest BCUT2D eigenvalue weighted by Crippen LogP contribution is -2.38. The lowest BCUT2D eigenvalue weighted by Gasteiger charge is -2.23. The van der Waals surface area contributed by atoms with Crippen molar-refractivity contribution in [2.24, 2.45) is 5.92 Å². The summed E-state index contributed by atoms with van der Waals surface area (Å²) in [6.07, 6.45) is 6.86. The summed E-state index contributed by atoms with van der Waals surface area (Å²) in [7, 11) is 0. The Bertz CT molecular complexity index is 311. The second kappa shape index (κ2) is 6.32. The van der Waals surface area contributed by atoms with Crippen molar-refractivity contribution < 1.29 is 9.59 Å². The minimum Gasteiger partial charge on any atom is -0.352 e. The van der Waals surface area contributed by atoms with Gasteiger partial charge in [-0.25, -0.2) is 0 Å². The van der Waals surface area contributed by atoms with Crippen molar-refractivity contribution in [3.63, 3.8) is 0 Å². The fourth-order valence-electron chi connectivity index (χ4n) is 3.16. The van der Waals surface area contributed by atoms with Crippen LogP contribution in [0.4, 0.5) is 0 Å². The van der Waals surface area contributed by atoms with Gasteiger partial charge in [0.05, 0.1) is 6.54 Å². The number of rotatable bonds is 4. The van der Waals surface area contributed by atoms with Crippen molar-refractivity contribution in [1.82, 2.24) is 10.2 Å². The molecule has 0 radical (unpaired) electrons. The molecule has 0 aromatic rings. The first-order chi connectivity index (χ1) is 8.65. The van der Waals surface area contributed by atoms with Crippen molar-refractivity contribution in [2.75, 3.05) is 19.6 Å². The van der Waals surface area contributed by atoms with Crippen molar-refractivity contribution in [2.45, 2.75) is 51.5 Å². The van der Waals surface area contributed by atoms with E-state index in [1.54, 1.807) is 6.92 Å². The number of nitrogens with zero attached hydrogens (tertiary/aromatic N) is 1. The number of carbonyl (C=O) groups is 2. The first-order valence-electron chi connectivity index (χ1n) is 7.17. The number of Topliss-reactive ketones (excluding diaryl/α,β-unsaturated/α-hetero) is 1. The molecule has 4 heteroatoms. The molecule has 0 spiro atoms. The molecule has 18 heavy (non-hydrogen) atoms. The van der Waals surface area contributed by atoms with Crippen molar-refractivity contribution in [1.29, 1.82) is 0 Å². The average molecular weight is 252 g/mol. The van der Waals surface area contributed by atoms with Gasteiger partial charge in [-0.1, -0.05) is 19.3 Å². The zero-order chi connectivity index (χ0) is 13.0. The lowest BCUT2D eigenvalue weighted by atomic mass is 9.86. The van der Waals surface area contributed by atoms with Gasteiger partial charge in [0.15, 0.2) is 0 Å². The summed E-state index contributed by atoms with van der Waals surface area (Å²) < 4.78 is 0. The molecule has 0 aromatic carbocycles. The third-order valence-electron chi connectivity index (χ3n) is 4.12. The molecule has 0 bridgehead atoms. The van der Waals surface area contributed by atoms with E-state index in [1.807, 2.05) is 0 Å². The minimum atomic E-state index is 0.0282. The molecule has 1 aliphatic carbocycles. The maximum atomic E-state index is 12.2. The Labute approximate surface area is 109 Å². The van der Waals surface area contributed by atoms with Crippen LogP contribution in [0.15, 0.2) is 0 Å². The van der Waals surface area contributed by atoms with E-state index in [0.717, 1.165) is 32.4 Å². The maximum absolute atomic E-state index is 12.2. The van der Waals surface area contributed by atoms with Gasteiger partial charge in [-0.3, -0.25) is 14.5 Å². The zero-order valence-electron chi connectivity index (χ0n) is 11.3. The van der Waals surface area contributed by atoms with Crippen LogP contribution in [-0.4, -0.2) is 42.3 Å². The summed E-state index contributed by atoms with van der Waals surface area (Å²) in [6, 6.07) is 0.238. The van der Waals surface area contributed by atoms with E-state index in [0.29, 0.717) is 18.2 Å². The summed E-state index contributed by atoms with van der Waals surface area (Å²) in [5, 5.41) is 2.93. The quantitative estimate of drug-likeness (QED) is 0.821. The number of likely N-dealkylation sites (tertiary alicyclic amines) is 1. The van der Waals surface area contributed by atoms with Crippen LogP contribution in [0.1, 0.15) is 45.4 Å². The Morgan fingerprint density at radius 3 is 2.56 bits per heavy atom. The van der Waals surface area contributed by atoms with E-state index in [2.05, 4.69) is 10.2 Å². The van der Waals surface area contributed by atoms with Crippen LogP contribution in [0.5, 0.6) is 0 Å². The van der Waals surface area contributed by atoms with Crippen LogP contribution in [0.3, 0.4) is 0 Å². The fourth-order valence-corrected chi connectivity index (χ4v) is 3.16. The number of hydrogen-bond donors (Lipinski definition) is 1. The van der Waals surface area contributed by atoms with Crippen LogP contribution in [0.2, 0.25) is 0 Å². The van der Waals surface area contributed by atoms with E-state index in [4.69, 9.17) is 0 Å². The maximum Gasteiger partial charge on any atom is 0.217 e. The summed E-state index contributed by atoms with van der Waals surface area (Å²) in [4.78, 5) is 25.3. The van der Waals surface area contributed by atoms with Gasteiger partial charge < -0.3 is 5.32 Å². The Hall–Kier alpha value is -0.900. The molecule has 1 heterocycles. The first-order valence-corrected chi connectivity index (χ1v) is 7.17. The normalized spacial score (nSPS) is 26.2. The number of ketones is 1. The van der Waals surface area contributed by atoms with Gasteiger partial charge in [0.1, 0.15) is 5.78 Å². The van der Waals surface area contributed by atoms with Gasteiger partial charge in [-0.2, -0.15) is 0 Å². The first kappa shape index (κ1) is 13.5. The molecule has 1 unspecified atom stereocenters. The average Bonchev–Trinajstić information content (AvgIpc) is 2.76. The summed E-state index contributed by atoms with van der Waals surface area (Å²) >= 11 is 0. The van der Waals surface area contributed by atoms with Gasteiger partial charge in [0, 0.05) is 32.0 Å². The second-order valence-electron chi connectivity index (χ2n) is 5.72. The molecule has 1 N–H and O–H groups in total. The molecule has 4 nitrogen and oxygen atoms in total. The minimum absolute atomic E-state index is 0.0282. The molecule has 1 atom stereocenters. The molecule has 1 saturated carbocycles. The smallest absolute Gasteiger partial charge is 0.217 e. The highest BCUT2D eigenvalue weighted by molar-refractivity contribution is 5.83. The molecule has 2 fully saturated rings. The zero-order valence-corrected chi connectivity index (χ0v) is 11.3. The molecule has 1 saturated heterocycles. The third kappa shape index (κ3) is 3.80. The van der Waals surface area contributed by atoms with Crippen LogP contribution in [0.25, 0.3) is 0 Å². The molecule has 1 aliphatic heterocycles. The number of hydrogen-bond acceptors (Lipinski definition) is 3. The molecule has 102 valence electrons. The Morgan fingerprint density at radius 1 is 1.17 bits per heavy atom. The van der Waals surface area contributed by atoms with Gasteiger partial charge >= 0.3 is 0 Å². The number of amides is 1. The Kier molecular flexibility index (Phi) is 4.75. The van der Waals surface area contributed by atoms with E-state index in [-0.39, 0.29) is 11.9 Å². The summed E-state index contributed by atoms with van der Waals surface area (Å²) in [5.74, 6) is 0.747. The van der Waals surface area contributed by atoms with Crippen molar-refractivity contribution in [3.8, 4) is 0 Å². The van der Waals surface area contributed by atoms with Crippen molar-refractivity contribution >= 4 is 11.7 Å². The highest BCUT2D eigenvalue weighted by Gasteiger charge is 2.27. The number of nitrogens with one attached hydrogen (secondary N) is 1. The van der Waals surface area contributed by atoms with E-state index in [9.17, 15) is 9.59 Å². The Morgan fingerprint density at radius 2 is 1.89 bits per heavy atom. The van der Waals surface area contributed by atoms with Crippen LogP contribution in [0, 0.1) is 5.92 Å². The topological polar surface area (TPSA) is 49.4 Å². The molecule has 2 rings (SSSR count). The highest BCUT2D eigenvalue weighted by atomic mass is 16.1. The van der Waals surface area contributed by atoms with Gasteiger partial charge in [0.2, 0.25) is 5.91 Å². The van der Waals surface area contributed by atoms with E-state index in [1.165, 1.54) is 19.3 Å². The molecule has 1 amide bonds. The van der Waals surface area contributed by atoms with Gasteiger partial charge in [-0.05, 0) is 19.3 Å². The molecular formula is C14H24N2O2. The monoisotopic (exact) mass is 252 g/mol. The third-order valence-corrected chi connectivity index (χ3v) is 4.12. The molecule has 0 aromatic heterocycles. The van der Waals surface area contributed by atoms with Crippen LogP contribution < -0.4 is 5.32 Å². The Balaban J connectivity index is 1.73. The van der Waals surface area contributed by atoms with Crippen LogP contribution in [-0.2, 0) is 9.59 Å². The van der Waals surface area contributed by atoms with E-state index < -0.39 is 0 Å². The molecular weight excluding hydrogens is 228 g/mol.